The molecule has 0 amide bonds. The van der Waals surface area contributed by atoms with Crippen molar-refractivity contribution in [3.05, 3.63) is 35.4 Å². The third kappa shape index (κ3) is 3.70. The molecule has 2 atom stereocenters. The van der Waals surface area contributed by atoms with Crippen molar-refractivity contribution >= 4 is 12.4 Å². The summed E-state index contributed by atoms with van der Waals surface area (Å²) in [5, 5.41) is 12.7. The summed E-state index contributed by atoms with van der Waals surface area (Å²) >= 11 is 0. The van der Waals surface area contributed by atoms with Crippen LogP contribution in [0.25, 0.3) is 0 Å². The molecule has 96 valence electrons. The van der Waals surface area contributed by atoms with Crippen LogP contribution in [-0.4, -0.2) is 23.8 Å². The molecule has 0 aliphatic heterocycles. The molecule has 1 aliphatic rings. The fraction of sp³-hybridized carbons (Fsp3) is 0.571. The molecule has 2 rings (SSSR count). The van der Waals surface area contributed by atoms with Crippen LogP contribution < -0.4 is 5.32 Å². The Morgan fingerprint density at radius 2 is 2.06 bits per heavy atom. The van der Waals surface area contributed by atoms with Crippen molar-refractivity contribution in [2.24, 2.45) is 0 Å². The van der Waals surface area contributed by atoms with Gasteiger partial charge in [0, 0.05) is 12.1 Å². The number of benzene rings is 1. The molecule has 0 heterocycles. The van der Waals surface area contributed by atoms with E-state index in [1.54, 1.807) is 0 Å². The molecule has 0 bridgehead atoms. The molecular formula is C14H22ClNO. The minimum Gasteiger partial charge on any atom is -0.395 e. The maximum atomic E-state index is 9.19. The van der Waals surface area contributed by atoms with Gasteiger partial charge in [-0.05, 0) is 36.8 Å². The first kappa shape index (κ1) is 14.5. The third-order valence-electron chi connectivity index (χ3n) is 3.53. The Balaban J connectivity index is 0.00000144. The predicted octanol–water partition coefficient (Wildman–Crippen LogP) is 2.33. The molecule has 1 aromatic carbocycles. The van der Waals surface area contributed by atoms with Crippen LogP contribution in [0.3, 0.4) is 0 Å². The molecular weight excluding hydrogens is 234 g/mol. The lowest BCUT2D eigenvalue weighted by molar-refractivity contribution is 0.223. The fourth-order valence-corrected chi connectivity index (χ4v) is 2.47. The minimum atomic E-state index is 0. The van der Waals surface area contributed by atoms with E-state index in [4.69, 9.17) is 0 Å². The second-order valence-corrected chi connectivity index (χ2v) is 4.66. The number of hydrogen-bond donors (Lipinski definition) is 2. The molecule has 2 N–H and O–H groups in total. The molecule has 3 heteroatoms. The van der Waals surface area contributed by atoms with Gasteiger partial charge in [-0.1, -0.05) is 31.2 Å². The van der Waals surface area contributed by atoms with Gasteiger partial charge < -0.3 is 10.4 Å². The van der Waals surface area contributed by atoms with E-state index >= 15 is 0 Å². The summed E-state index contributed by atoms with van der Waals surface area (Å²) in [5.41, 5.74) is 2.97. The van der Waals surface area contributed by atoms with Crippen LogP contribution in [-0.2, 0) is 12.8 Å². The Kier molecular flexibility index (Phi) is 5.96. The molecule has 0 aromatic heterocycles. The van der Waals surface area contributed by atoms with E-state index < -0.39 is 0 Å². The quantitative estimate of drug-likeness (QED) is 0.866. The van der Waals surface area contributed by atoms with E-state index in [-0.39, 0.29) is 25.1 Å². The van der Waals surface area contributed by atoms with E-state index in [9.17, 15) is 5.11 Å². The van der Waals surface area contributed by atoms with Crippen molar-refractivity contribution in [2.75, 3.05) is 6.61 Å². The SMILES string of the molecule is CC[C@@H](CO)NC1CCc2ccccc2C1.Cl. The van der Waals surface area contributed by atoms with Crippen LogP contribution in [0.4, 0.5) is 0 Å². The van der Waals surface area contributed by atoms with Crippen molar-refractivity contribution < 1.29 is 5.11 Å². The molecule has 1 unspecified atom stereocenters. The second-order valence-electron chi connectivity index (χ2n) is 4.66. The highest BCUT2D eigenvalue weighted by Crippen LogP contribution is 2.21. The van der Waals surface area contributed by atoms with Gasteiger partial charge in [0.15, 0.2) is 0 Å². The standard InChI is InChI=1S/C14H21NO.ClH/c1-2-13(10-16)15-14-8-7-11-5-3-4-6-12(11)9-14;/h3-6,13-16H,2,7-10H2,1H3;1H/t13-,14?;/m0./s1. The van der Waals surface area contributed by atoms with Crippen molar-refractivity contribution in [3.8, 4) is 0 Å². The van der Waals surface area contributed by atoms with Crippen molar-refractivity contribution in [2.45, 2.75) is 44.7 Å². The van der Waals surface area contributed by atoms with Gasteiger partial charge in [0.2, 0.25) is 0 Å². The number of aliphatic hydroxyl groups is 1. The van der Waals surface area contributed by atoms with Gasteiger partial charge in [-0.3, -0.25) is 0 Å². The third-order valence-corrected chi connectivity index (χ3v) is 3.53. The molecule has 0 radical (unpaired) electrons. The first-order valence-electron chi connectivity index (χ1n) is 6.27. The van der Waals surface area contributed by atoms with Crippen molar-refractivity contribution in [1.82, 2.24) is 5.32 Å². The number of nitrogens with one attached hydrogen (secondary N) is 1. The molecule has 0 fully saturated rings. The lowest BCUT2D eigenvalue weighted by atomic mass is 9.88. The molecule has 0 saturated heterocycles. The Labute approximate surface area is 110 Å². The number of aliphatic hydroxyl groups excluding tert-OH is 1. The Hall–Kier alpha value is -0.570. The average molecular weight is 256 g/mol. The monoisotopic (exact) mass is 255 g/mol. The summed E-state index contributed by atoms with van der Waals surface area (Å²) in [5.74, 6) is 0. The van der Waals surface area contributed by atoms with Gasteiger partial charge in [-0.2, -0.15) is 0 Å². The molecule has 0 saturated carbocycles. The molecule has 1 aromatic rings. The van der Waals surface area contributed by atoms with Gasteiger partial charge >= 0.3 is 0 Å². The number of halogens is 1. The summed E-state index contributed by atoms with van der Waals surface area (Å²) in [4.78, 5) is 0. The zero-order valence-electron chi connectivity index (χ0n) is 10.4. The van der Waals surface area contributed by atoms with Gasteiger partial charge in [-0.25, -0.2) is 0 Å². The zero-order valence-corrected chi connectivity index (χ0v) is 11.2. The number of aryl methyl sites for hydroxylation is 1. The summed E-state index contributed by atoms with van der Waals surface area (Å²) < 4.78 is 0. The van der Waals surface area contributed by atoms with Crippen LogP contribution in [0.2, 0.25) is 0 Å². The first-order valence-corrected chi connectivity index (χ1v) is 6.27. The van der Waals surface area contributed by atoms with Crippen molar-refractivity contribution in [3.63, 3.8) is 0 Å². The summed E-state index contributed by atoms with van der Waals surface area (Å²) in [7, 11) is 0. The van der Waals surface area contributed by atoms with E-state index in [1.165, 1.54) is 17.5 Å². The lowest BCUT2D eigenvalue weighted by Crippen LogP contribution is -2.43. The van der Waals surface area contributed by atoms with E-state index in [2.05, 4.69) is 36.5 Å². The smallest absolute Gasteiger partial charge is 0.0584 e. The fourth-order valence-electron chi connectivity index (χ4n) is 2.47. The van der Waals surface area contributed by atoms with Gasteiger partial charge in [-0.15, -0.1) is 12.4 Å². The highest BCUT2D eigenvalue weighted by atomic mass is 35.5. The topological polar surface area (TPSA) is 32.3 Å². The number of fused-ring (bicyclic) bond motifs is 1. The summed E-state index contributed by atoms with van der Waals surface area (Å²) in [6.07, 6.45) is 4.45. The Bertz CT molecular complexity index is 339. The predicted molar refractivity (Wildman–Crippen MR) is 73.8 cm³/mol. The molecule has 1 aliphatic carbocycles. The Morgan fingerprint density at radius 3 is 2.71 bits per heavy atom. The van der Waals surface area contributed by atoms with Gasteiger partial charge in [0.25, 0.3) is 0 Å². The summed E-state index contributed by atoms with van der Waals surface area (Å²) in [6, 6.07) is 9.49. The van der Waals surface area contributed by atoms with Gasteiger partial charge in [0.1, 0.15) is 0 Å². The maximum absolute atomic E-state index is 9.19. The van der Waals surface area contributed by atoms with E-state index in [0.29, 0.717) is 6.04 Å². The first-order chi connectivity index (χ1) is 7.83. The van der Waals surface area contributed by atoms with E-state index in [0.717, 1.165) is 19.3 Å². The van der Waals surface area contributed by atoms with Crippen LogP contribution >= 0.6 is 12.4 Å². The Morgan fingerprint density at radius 1 is 1.35 bits per heavy atom. The van der Waals surface area contributed by atoms with Gasteiger partial charge in [0.05, 0.1) is 6.61 Å². The zero-order chi connectivity index (χ0) is 11.4. The van der Waals surface area contributed by atoms with E-state index in [1.807, 2.05) is 0 Å². The van der Waals surface area contributed by atoms with Crippen LogP contribution in [0, 0.1) is 0 Å². The molecule has 0 spiro atoms. The largest absolute Gasteiger partial charge is 0.395 e. The van der Waals surface area contributed by atoms with Crippen LogP contribution in [0.5, 0.6) is 0 Å². The molecule has 2 nitrogen and oxygen atoms in total. The maximum Gasteiger partial charge on any atom is 0.0584 e. The minimum absolute atomic E-state index is 0. The van der Waals surface area contributed by atoms with Crippen LogP contribution in [0.15, 0.2) is 24.3 Å². The van der Waals surface area contributed by atoms with Crippen LogP contribution in [0.1, 0.15) is 30.9 Å². The highest BCUT2D eigenvalue weighted by Gasteiger charge is 2.19. The van der Waals surface area contributed by atoms with Crippen molar-refractivity contribution in [1.29, 1.82) is 0 Å². The number of hydrogen-bond acceptors (Lipinski definition) is 2. The summed E-state index contributed by atoms with van der Waals surface area (Å²) in [6.45, 7) is 2.36. The number of rotatable bonds is 4. The average Bonchev–Trinajstić information content (AvgIpc) is 2.35. The normalized spacial score (nSPS) is 20.2. The lowest BCUT2D eigenvalue weighted by Gasteiger charge is -2.28. The molecule has 17 heavy (non-hydrogen) atoms. The second kappa shape index (κ2) is 7.00. The highest BCUT2D eigenvalue weighted by molar-refractivity contribution is 5.85.